The van der Waals surface area contributed by atoms with E-state index in [2.05, 4.69) is 18.2 Å². The molecule has 0 saturated carbocycles. The number of hydrogen-bond acceptors (Lipinski definition) is 3. The molecule has 0 fully saturated rings. The molecule has 0 radical (unpaired) electrons. The van der Waals surface area contributed by atoms with Gasteiger partial charge in [0.25, 0.3) is 0 Å². The number of hydrogen-bond donors (Lipinski definition) is 0. The smallest absolute Gasteiger partial charge is 0.231 e. The highest BCUT2D eigenvalue weighted by atomic mass is 16.7. The quantitative estimate of drug-likeness (QED) is 0.779. The summed E-state index contributed by atoms with van der Waals surface area (Å²) in [6, 6.07) is 14.3. The molecule has 2 heterocycles. The molecule has 1 unspecified atom stereocenters. The van der Waals surface area contributed by atoms with Crippen LogP contribution >= 0.6 is 0 Å². The Morgan fingerprint density at radius 2 is 1.79 bits per heavy atom. The lowest BCUT2D eigenvalue weighted by atomic mass is 9.97. The molecule has 2 aromatic rings. The average molecular weight is 254 g/mol. The van der Waals surface area contributed by atoms with Crippen molar-refractivity contribution in [1.82, 2.24) is 0 Å². The first-order chi connectivity index (χ1) is 9.40. The first-order valence-electron chi connectivity index (χ1n) is 6.54. The minimum Gasteiger partial charge on any atom is -0.485 e. The van der Waals surface area contributed by atoms with Crippen LogP contribution in [0.5, 0.6) is 17.2 Å². The van der Waals surface area contributed by atoms with E-state index in [9.17, 15) is 0 Å². The Morgan fingerprint density at radius 3 is 2.79 bits per heavy atom. The van der Waals surface area contributed by atoms with Crippen LogP contribution in [0.3, 0.4) is 0 Å². The molecule has 0 aliphatic carbocycles. The summed E-state index contributed by atoms with van der Waals surface area (Å²) in [5.41, 5.74) is 2.44. The summed E-state index contributed by atoms with van der Waals surface area (Å²) in [5.74, 6) is 2.64. The molecule has 96 valence electrons. The monoisotopic (exact) mass is 254 g/mol. The van der Waals surface area contributed by atoms with E-state index in [-0.39, 0.29) is 6.10 Å². The van der Waals surface area contributed by atoms with Crippen molar-refractivity contribution in [3.8, 4) is 17.2 Å². The summed E-state index contributed by atoms with van der Waals surface area (Å²) in [7, 11) is 0. The number of ether oxygens (including phenoxy) is 3. The highest BCUT2D eigenvalue weighted by Crippen LogP contribution is 2.39. The van der Waals surface area contributed by atoms with Gasteiger partial charge in [0.15, 0.2) is 11.5 Å². The Morgan fingerprint density at radius 1 is 0.895 bits per heavy atom. The molecule has 0 aromatic heterocycles. The fourth-order valence-electron chi connectivity index (χ4n) is 2.67. The molecule has 3 nitrogen and oxygen atoms in total. The van der Waals surface area contributed by atoms with Gasteiger partial charge in [0.1, 0.15) is 11.9 Å². The van der Waals surface area contributed by atoms with Crippen molar-refractivity contribution in [1.29, 1.82) is 0 Å². The normalized spacial score (nSPS) is 19.7. The minimum absolute atomic E-state index is 0.101. The molecule has 4 rings (SSSR count). The number of aryl methyl sites for hydroxylation is 1. The van der Waals surface area contributed by atoms with Gasteiger partial charge in [0, 0.05) is 0 Å². The molecule has 2 aliphatic rings. The second-order valence-corrected chi connectivity index (χ2v) is 4.87. The van der Waals surface area contributed by atoms with Crippen molar-refractivity contribution >= 4 is 0 Å². The third-order valence-electron chi connectivity index (χ3n) is 3.69. The molecular formula is C16H14O3. The van der Waals surface area contributed by atoms with Gasteiger partial charge in [-0.1, -0.05) is 24.3 Å². The van der Waals surface area contributed by atoms with Crippen LogP contribution in [-0.2, 0) is 6.42 Å². The van der Waals surface area contributed by atoms with E-state index in [1.807, 2.05) is 24.3 Å². The second kappa shape index (κ2) is 4.19. The van der Waals surface area contributed by atoms with E-state index in [0.717, 1.165) is 35.7 Å². The van der Waals surface area contributed by atoms with Crippen LogP contribution in [0.2, 0.25) is 0 Å². The van der Waals surface area contributed by atoms with Crippen molar-refractivity contribution < 1.29 is 14.2 Å². The van der Waals surface area contributed by atoms with Gasteiger partial charge in [0.05, 0.1) is 0 Å². The van der Waals surface area contributed by atoms with Crippen LogP contribution < -0.4 is 14.2 Å². The van der Waals surface area contributed by atoms with E-state index in [0.29, 0.717) is 6.79 Å². The van der Waals surface area contributed by atoms with Crippen LogP contribution in [0.25, 0.3) is 0 Å². The Balaban J connectivity index is 1.64. The van der Waals surface area contributed by atoms with Gasteiger partial charge in [-0.2, -0.15) is 0 Å². The van der Waals surface area contributed by atoms with Gasteiger partial charge in [-0.15, -0.1) is 0 Å². The molecule has 3 heteroatoms. The molecule has 2 aromatic carbocycles. The van der Waals surface area contributed by atoms with Gasteiger partial charge in [-0.25, -0.2) is 0 Å². The predicted molar refractivity (Wildman–Crippen MR) is 70.7 cm³/mol. The maximum absolute atomic E-state index is 6.08. The summed E-state index contributed by atoms with van der Waals surface area (Å²) in [5, 5.41) is 0. The van der Waals surface area contributed by atoms with E-state index < -0.39 is 0 Å². The van der Waals surface area contributed by atoms with Gasteiger partial charge in [0.2, 0.25) is 6.79 Å². The van der Waals surface area contributed by atoms with Crippen molar-refractivity contribution in [3.63, 3.8) is 0 Å². The zero-order valence-corrected chi connectivity index (χ0v) is 10.5. The lowest BCUT2D eigenvalue weighted by Gasteiger charge is -2.26. The zero-order chi connectivity index (χ0) is 12.7. The summed E-state index contributed by atoms with van der Waals surface area (Å²) in [6.07, 6.45) is 2.15. The Kier molecular flexibility index (Phi) is 2.37. The minimum atomic E-state index is 0.101. The van der Waals surface area contributed by atoms with Crippen LogP contribution in [0.4, 0.5) is 0 Å². The molecule has 0 saturated heterocycles. The first-order valence-corrected chi connectivity index (χ1v) is 6.54. The predicted octanol–water partition coefficient (Wildman–Crippen LogP) is 3.48. The van der Waals surface area contributed by atoms with Crippen LogP contribution in [0, 0.1) is 0 Å². The molecular weight excluding hydrogens is 240 g/mol. The fraction of sp³-hybridized carbons (Fsp3) is 0.250. The maximum atomic E-state index is 6.08. The largest absolute Gasteiger partial charge is 0.485 e. The summed E-state index contributed by atoms with van der Waals surface area (Å²) >= 11 is 0. The van der Waals surface area contributed by atoms with Crippen LogP contribution in [0.1, 0.15) is 23.7 Å². The molecule has 0 amide bonds. The third-order valence-corrected chi connectivity index (χ3v) is 3.69. The molecule has 0 N–H and O–H groups in total. The summed E-state index contributed by atoms with van der Waals surface area (Å²) in [6.45, 7) is 0.313. The van der Waals surface area contributed by atoms with Crippen molar-refractivity contribution in [2.75, 3.05) is 6.79 Å². The molecule has 0 bridgehead atoms. The highest BCUT2D eigenvalue weighted by Gasteiger charge is 2.23. The number of benzene rings is 2. The molecule has 2 aliphatic heterocycles. The second-order valence-electron chi connectivity index (χ2n) is 4.87. The lowest BCUT2D eigenvalue weighted by molar-refractivity contribution is 0.171. The van der Waals surface area contributed by atoms with Crippen molar-refractivity contribution in [3.05, 3.63) is 53.6 Å². The fourth-order valence-corrected chi connectivity index (χ4v) is 2.67. The average Bonchev–Trinajstić information content (AvgIpc) is 2.94. The number of fused-ring (bicyclic) bond motifs is 2. The van der Waals surface area contributed by atoms with Gasteiger partial charge in [-0.05, 0) is 42.2 Å². The summed E-state index contributed by atoms with van der Waals surface area (Å²) < 4.78 is 16.8. The standard InChI is InChI=1S/C16H14O3/c1-2-4-13-11(3-1)5-7-14(19-13)12-6-8-15-16(9-12)18-10-17-15/h1-4,6,8-9,14H,5,7,10H2. The Labute approximate surface area is 111 Å². The van der Waals surface area contributed by atoms with Crippen molar-refractivity contribution in [2.45, 2.75) is 18.9 Å². The molecule has 0 spiro atoms. The van der Waals surface area contributed by atoms with Crippen LogP contribution in [0.15, 0.2) is 42.5 Å². The molecule has 19 heavy (non-hydrogen) atoms. The van der Waals surface area contributed by atoms with Gasteiger partial charge >= 0.3 is 0 Å². The van der Waals surface area contributed by atoms with E-state index >= 15 is 0 Å². The van der Waals surface area contributed by atoms with E-state index in [1.54, 1.807) is 0 Å². The highest BCUT2D eigenvalue weighted by molar-refractivity contribution is 5.46. The number of rotatable bonds is 1. The van der Waals surface area contributed by atoms with Crippen molar-refractivity contribution in [2.24, 2.45) is 0 Å². The molecule has 1 atom stereocenters. The van der Waals surface area contributed by atoms with Crippen LogP contribution in [-0.4, -0.2) is 6.79 Å². The Hall–Kier alpha value is -2.16. The van der Waals surface area contributed by atoms with E-state index in [1.165, 1.54) is 5.56 Å². The van der Waals surface area contributed by atoms with Gasteiger partial charge < -0.3 is 14.2 Å². The maximum Gasteiger partial charge on any atom is 0.231 e. The first kappa shape index (κ1) is 10.7. The Bertz CT molecular complexity index is 621. The summed E-state index contributed by atoms with van der Waals surface area (Å²) in [4.78, 5) is 0. The number of para-hydroxylation sites is 1. The topological polar surface area (TPSA) is 27.7 Å². The van der Waals surface area contributed by atoms with Gasteiger partial charge in [-0.3, -0.25) is 0 Å². The van der Waals surface area contributed by atoms with E-state index in [4.69, 9.17) is 14.2 Å². The lowest BCUT2D eigenvalue weighted by Crippen LogP contribution is -2.14. The third kappa shape index (κ3) is 1.82. The SMILES string of the molecule is c1ccc2c(c1)CCC(c1ccc3c(c1)OCO3)O2. The zero-order valence-electron chi connectivity index (χ0n) is 10.5.